The van der Waals surface area contributed by atoms with Crippen molar-refractivity contribution in [1.82, 2.24) is 4.90 Å². The Balaban J connectivity index is 2.02. The van der Waals surface area contributed by atoms with Gasteiger partial charge in [0.2, 0.25) is 0 Å². The molecule has 0 radical (unpaired) electrons. The maximum atomic E-state index is 8.98. The summed E-state index contributed by atoms with van der Waals surface area (Å²) in [5.74, 6) is 0. The Labute approximate surface area is 114 Å². The molecule has 1 aromatic carbocycles. The van der Waals surface area contributed by atoms with Crippen LogP contribution in [0.3, 0.4) is 0 Å². The fourth-order valence-electron chi connectivity index (χ4n) is 2.34. The van der Waals surface area contributed by atoms with E-state index in [4.69, 9.17) is 22.4 Å². The molecule has 1 saturated carbocycles. The first-order valence-electron chi connectivity index (χ1n) is 6.59. The van der Waals surface area contributed by atoms with Gasteiger partial charge in [-0.1, -0.05) is 24.1 Å². The van der Waals surface area contributed by atoms with E-state index in [2.05, 4.69) is 4.90 Å². The zero-order chi connectivity index (χ0) is 13.0. The summed E-state index contributed by atoms with van der Waals surface area (Å²) in [4.78, 5) is 2.43. The van der Waals surface area contributed by atoms with Crippen LogP contribution in [0.5, 0.6) is 0 Å². The first-order valence-corrected chi connectivity index (χ1v) is 6.97. The van der Waals surface area contributed by atoms with Crippen LogP contribution in [0.4, 0.5) is 5.69 Å². The lowest BCUT2D eigenvalue weighted by Gasteiger charge is -2.37. The second kappa shape index (κ2) is 6.41. The quantitative estimate of drug-likeness (QED) is 0.780. The number of nitrogen functional groups attached to an aromatic ring is 1. The van der Waals surface area contributed by atoms with Crippen molar-refractivity contribution in [1.29, 1.82) is 0 Å². The van der Waals surface area contributed by atoms with Gasteiger partial charge in [-0.25, -0.2) is 0 Å². The molecular formula is C14H21ClN2O. The van der Waals surface area contributed by atoms with Gasteiger partial charge in [-0.3, -0.25) is 4.90 Å². The molecule has 1 aromatic rings. The first kappa shape index (κ1) is 13.7. The molecule has 0 aromatic heterocycles. The van der Waals surface area contributed by atoms with Crippen LogP contribution in [0.1, 0.15) is 31.2 Å². The standard InChI is InChI=1S/C14H21ClN2O/c15-12-6-5-11(14(16)9-12)10-17(7-2-8-18)13-3-1-4-13/h5-6,9,13,18H,1-4,7-8,10,16H2. The fraction of sp³-hybridized carbons (Fsp3) is 0.571. The Kier molecular flexibility index (Phi) is 4.87. The second-order valence-electron chi connectivity index (χ2n) is 4.98. The van der Waals surface area contributed by atoms with Crippen molar-refractivity contribution in [3.63, 3.8) is 0 Å². The van der Waals surface area contributed by atoms with Gasteiger partial charge in [0.25, 0.3) is 0 Å². The number of nitrogens with two attached hydrogens (primary N) is 1. The molecule has 3 nitrogen and oxygen atoms in total. The Bertz CT molecular complexity index is 393. The van der Waals surface area contributed by atoms with Gasteiger partial charge in [0.1, 0.15) is 0 Å². The molecule has 0 heterocycles. The van der Waals surface area contributed by atoms with Gasteiger partial charge in [0.05, 0.1) is 0 Å². The number of benzene rings is 1. The van der Waals surface area contributed by atoms with Crippen molar-refractivity contribution in [2.45, 2.75) is 38.3 Å². The molecule has 0 spiro atoms. The molecule has 1 fully saturated rings. The van der Waals surface area contributed by atoms with Crippen LogP contribution in [0, 0.1) is 0 Å². The van der Waals surface area contributed by atoms with Crippen molar-refractivity contribution in [2.24, 2.45) is 0 Å². The van der Waals surface area contributed by atoms with Gasteiger partial charge >= 0.3 is 0 Å². The number of hydrogen-bond donors (Lipinski definition) is 2. The number of rotatable bonds is 6. The van der Waals surface area contributed by atoms with E-state index in [0.29, 0.717) is 11.1 Å². The Morgan fingerprint density at radius 3 is 2.72 bits per heavy atom. The van der Waals surface area contributed by atoms with E-state index in [9.17, 15) is 0 Å². The normalized spacial score (nSPS) is 15.9. The molecule has 0 saturated heterocycles. The summed E-state index contributed by atoms with van der Waals surface area (Å²) in [6, 6.07) is 6.36. The summed E-state index contributed by atoms with van der Waals surface area (Å²) in [5.41, 5.74) is 7.89. The van der Waals surface area contributed by atoms with Gasteiger partial charge in [0.15, 0.2) is 0 Å². The molecule has 0 amide bonds. The molecule has 3 N–H and O–H groups in total. The first-order chi connectivity index (χ1) is 8.70. The number of nitrogens with zero attached hydrogens (tertiary/aromatic N) is 1. The molecule has 0 atom stereocenters. The summed E-state index contributed by atoms with van der Waals surface area (Å²) < 4.78 is 0. The Morgan fingerprint density at radius 1 is 1.39 bits per heavy atom. The van der Waals surface area contributed by atoms with E-state index in [1.54, 1.807) is 0 Å². The van der Waals surface area contributed by atoms with E-state index in [1.165, 1.54) is 19.3 Å². The van der Waals surface area contributed by atoms with E-state index >= 15 is 0 Å². The summed E-state index contributed by atoms with van der Waals surface area (Å²) in [7, 11) is 0. The van der Waals surface area contributed by atoms with Crippen molar-refractivity contribution >= 4 is 17.3 Å². The summed E-state index contributed by atoms with van der Waals surface area (Å²) in [6.45, 7) is 2.04. The molecule has 4 heteroatoms. The predicted octanol–water partition coefficient (Wildman–Crippen LogP) is 2.66. The number of halogens is 1. The minimum absolute atomic E-state index is 0.249. The van der Waals surface area contributed by atoms with Crippen molar-refractivity contribution in [2.75, 3.05) is 18.9 Å². The van der Waals surface area contributed by atoms with E-state index in [1.807, 2.05) is 18.2 Å². The zero-order valence-corrected chi connectivity index (χ0v) is 11.4. The molecule has 18 heavy (non-hydrogen) atoms. The number of anilines is 1. The van der Waals surface area contributed by atoms with Crippen LogP contribution in [0.25, 0.3) is 0 Å². The average molecular weight is 269 g/mol. The second-order valence-corrected chi connectivity index (χ2v) is 5.41. The topological polar surface area (TPSA) is 49.5 Å². The predicted molar refractivity (Wildman–Crippen MR) is 75.6 cm³/mol. The number of hydrogen-bond acceptors (Lipinski definition) is 3. The SMILES string of the molecule is Nc1cc(Cl)ccc1CN(CCCO)C1CCC1. The maximum Gasteiger partial charge on any atom is 0.0443 e. The van der Waals surface area contributed by atoms with Crippen LogP contribution in [0.2, 0.25) is 5.02 Å². The highest BCUT2D eigenvalue weighted by Crippen LogP contribution is 2.28. The van der Waals surface area contributed by atoms with Crippen LogP contribution in [0.15, 0.2) is 18.2 Å². The third-order valence-corrected chi connectivity index (χ3v) is 3.91. The molecular weight excluding hydrogens is 248 g/mol. The van der Waals surface area contributed by atoms with Crippen LogP contribution in [-0.2, 0) is 6.54 Å². The summed E-state index contributed by atoms with van der Waals surface area (Å²) in [6.07, 6.45) is 4.66. The zero-order valence-electron chi connectivity index (χ0n) is 10.6. The smallest absolute Gasteiger partial charge is 0.0443 e. The fourth-order valence-corrected chi connectivity index (χ4v) is 2.53. The van der Waals surface area contributed by atoms with Gasteiger partial charge in [-0.15, -0.1) is 0 Å². The molecule has 100 valence electrons. The van der Waals surface area contributed by atoms with Crippen LogP contribution in [-0.4, -0.2) is 29.2 Å². The lowest BCUT2D eigenvalue weighted by atomic mass is 9.91. The van der Waals surface area contributed by atoms with Crippen molar-refractivity contribution < 1.29 is 5.11 Å². The molecule has 0 unspecified atom stereocenters. The number of aliphatic hydroxyl groups is 1. The van der Waals surface area contributed by atoms with Gasteiger partial charge in [0, 0.05) is 36.4 Å². The lowest BCUT2D eigenvalue weighted by Crippen LogP contribution is -2.40. The molecule has 0 bridgehead atoms. The highest BCUT2D eigenvalue weighted by atomic mass is 35.5. The van der Waals surface area contributed by atoms with E-state index in [0.717, 1.165) is 30.8 Å². The van der Waals surface area contributed by atoms with Gasteiger partial charge < -0.3 is 10.8 Å². The van der Waals surface area contributed by atoms with Gasteiger partial charge in [-0.2, -0.15) is 0 Å². The molecule has 2 rings (SSSR count). The highest BCUT2D eigenvalue weighted by Gasteiger charge is 2.24. The largest absolute Gasteiger partial charge is 0.398 e. The maximum absolute atomic E-state index is 8.98. The third-order valence-electron chi connectivity index (χ3n) is 3.68. The highest BCUT2D eigenvalue weighted by molar-refractivity contribution is 6.30. The summed E-state index contributed by atoms with van der Waals surface area (Å²) in [5, 5.41) is 9.66. The van der Waals surface area contributed by atoms with Crippen molar-refractivity contribution in [3.05, 3.63) is 28.8 Å². The van der Waals surface area contributed by atoms with Gasteiger partial charge in [-0.05, 0) is 37.0 Å². The third kappa shape index (κ3) is 3.37. The minimum Gasteiger partial charge on any atom is -0.398 e. The lowest BCUT2D eigenvalue weighted by molar-refractivity contribution is 0.109. The molecule has 1 aliphatic rings. The summed E-state index contributed by atoms with van der Waals surface area (Å²) >= 11 is 5.91. The van der Waals surface area contributed by atoms with Crippen LogP contribution < -0.4 is 5.73 Å². The van der Waals surface area contributed by atoms with E-state index in [-0.39, 0.29) is 6.61 Å². The minimum atomic E-state index is 0.249. The van der Waals surface area contributed by atoms with E-state index < -0.39 is 0 Å². The Morgan fingerprint density at radius 2 is 2.17 bits per heavy atom. The van der Waals surface area contributed by atoms with Crippen LogP contribution >= 0.6 is 11.6 Å². The number of aliphatic hydroxyl groups excluding tert-OH is 1. The molecule has 1 aliphatic carbocycles. The van der Waals surface area contributed by atoms with Crippen molar-refractivity contribution in [3.8, 4) is 0 Å². The molecule has 0 aliphatic heterocycles. The monoisotopic (exact) mass is 268 g/mol. The Hall–Kier alpha value is -0.770. The average Bonchev–Trinajstić information content (AvgIpc) is 2.27.